The molecule has 2 heterocycles. The van der Waals surface area contributed by atoms with Crippen molar-refractivity contribution in [2.45, 2.75) is 38.8 Å². The third kappa shape index (κ3) is 2.84. The fourth-order valence-electron chi connectivity index (χ4n) is 2.08. The van der Waals surface area contributed by atoms with Gasteiger partial charge in [-0.25, -0.2) is 9.97 Å². The van der Waals surface area contributed by atoms with Crippen LogP contribution in [0.2, 0.25) is 10.4 Å². The van der Waals surface area contributed by atoms with E-state index < -0.39 is 0 Å². The zero-order chi connectivity index (χ0) is 11.5. The van der Waals surface area contributed by atoms with Gasteiger partial charge in [0.2, 0.25) is 5.28 Å². The second-order valence-corrected chi connectivity index (χ2v) is 4.97. The minimum Gasteiger partial charge on any atom is -0.296 e. The summed E-state index contributed by atoms with van der Waals surface area (Å²) in [6, 6.07) is 0.612. The number of likely N-dealkylation sites (tertiary alicyclic amines) is 1. The van der Waals surface area contributed by atoms with Crippen LogP contribution in [0, 0.1) is 0 Å². The molecule has 0 N–H and O–H groups in total. The molecule has 16 heavy (non-hydrogen) atoms. The highest BCUT2D eigenvalue weighted by molar-refractivity contribution is 6.32. The predicted molar refractivity (Wildman–Crippen MR) is 65.8 cm³/mol. The lowest BCUT2D eigenvalue weighted by Gasteiger charge is -2.33. The maximum Gasteiger partial charge on any atom is 0.223 e. The largest absolute Gasteiger partial charge is 0.296 e. The number of nitrogens with zero attached hydrogens (tertiary/aromatic N) is 3. The zero-order valence-corrected chi connectivity index (χ0v) is 10.8. The highest BCUT2D eigenvalue weighted by Gasteiger charge is 2.19. The molecule has 2 rings (SSSR count). The normalized spacial score (nSPS) is 22.3. The summed E-state index contributed by atoms with van der Waals surface area (Å²) in [5.41, 5.74) is 0.958. The number of halogens is 2. The molecule has 0 saturated carbocycles. The van der Waals surface area contributed by atoms with E-state index in [1.165, 1.54) is 19.3 Å². The van der Waals surface area contributed by atoms with Crippen LogP contribution in [0.25, 0.3) is 0 Å². The average Bonchev–Trinajstić information content (AvgIpc) is 2.25. The molecule has 88 valence electrons. The van der Waals surface area contributed by atoms with E-state index in [1.54, 1.807) is 6.20 Å². The van der Waals surface area contributed by atoms with Crippen LogP contribution in [-0.4, -0.2) is 27.5 Å². The highest BCUT2D eigenvalue weighted by Crippen LogP contribution is 2.22. The summed E-state index contributed by atoms with van der Waals surface area (Å²) < 4.78 is 0. The lowest BCUT2D eigenvalue weighted by atomic mass is 10.0. The number of hydrogen-bond acceptors (Lipinski definition) is 3. The van der Waals surface area contributed by atoms with Crippen LogP contribution in [0.15, 0.2) is 6.20 Å². The van der Waals surface area contributed by atoms with Gasteiger partial charge >= 0.3 is 0 Å². The number of piperidine rings is 1. The van der Waals surface area contributed by atoms with Crippen molar-refractivity contribution in [3.8, 4) is 0 Å². The van der Waals surface area contributed by atoms with E-state index in [-0.39, 0.29) is 5.28 Å². The Kier molecular flexibility index (Phi) is 4.00. The van der Waals surface area contributed by atoms with Crippen LogP contribution in [0.4, 0.5) is 0 Å². The first-order valence-electron chi connectivity index (χ1n) is 5.58. The fraction of sp³-hybridized carbons (Fsp3) is 0.636. The summed E-state index contributed by atoms with van der Waals surface area (Å²) in [4.78, 5) is 10.3. The quantitative estimate of drug-likeness (QED) is 0.604. The van der Waals surface area contributed by atoms with Gasteiger partial charge in [-0.2, -0.15) is 0 Å². The smallest absolute Gasteiger partial charge is 0.223 e. The summed E-state index contributed by atoms with van der Waals surface area (Å²) in [6.45, 7) is 4.20. The summed E-state index contributed by atoms with van der Waals surface area (Å²) >= 11 is 11.7. The van der Waals surface area contributed by atoms with E-state index in [2.05, 4.69) is 21.8 Å². The molecule has 0 radical (unpaired) electrons. The summed E-state index contributed by atoms with van der Waals surface area (Å²) in [5.74, 6) is 0. The topological polar surface area (TPSA) is 29.0 Å². The third-order valence-corrected chi connectivity index (χ3v) is 3.61. The summed E-state index contributed by atoms with van der Waals surface area (Å²) in [5, 5.41) is 0.679. The molecule has 1 unspecified atom stereocenters. The van der Waals surface area contributed by atoms with Gasteiger partial charge in [0.1, 0.15) is 5.15 Å². The Morgan fingerprint density at radius 1 is 1.44 bits per heavy atom. The van der Waals surface area contributed by atoms with Crippen molar-refractivity contribution in [1.82, 2.24) is 14.9 Å². The van der Waals surface area contributed by atoms with Crippen molar-refractivity contribution in [3.63, 3.8) is 0 Å². The Morgan fingerprint density at radius 3 is 2.94 bits per heavy atom. The molecule has 5 heteroatoms. The van der Waals surface area contributed by atoms with Crippen LogP contribution >= 0.6 is 23.2 Å². The minimum absolute atomic E-state index is 0.209. The SMILES string of the molecule is CC1CCCCN1Cc1cnc(Cl)nc1Cl. The molecule has 1 aliphatic rings. The Morgan fingerprint density at radius 2 is 2.25 bits per heavy atom. The number of hydrogen-bond donors (Lipinski definition) is 0. The van der Waals surface area contributed by atoms with Crippen LogP contribution in [0.5, 0.6) is 0 Å². The molecule has 0 bridgehead atoms. The molecule has 0 aliphatic carbocycles. The summed E-state index contributed by atoms with van der Waals surface area (Å²) in [7, 11) is 0. The van der Waals surface area contributed by atoms with Crippen LogP contribution in [0.3, 0.4) is 0 Å². The molecule has 3 nitrogen and oxygen atoms in total. The fourth-order valence-corrected chi connectivity index (χ4v) is 2.45. The van der Waals surface area contributed by atoms with Crippen molar-refractivity contribution < 1.29 is 0 Å². The number of rotatable bonds is 2. The maximum atomic E-state index is 6.03. The third-order valence-electron chi connectivity index (χ3n) is 3.10. The van der Waals surface area contributed by atoms with Gasteiger partial charge in [-0.15, -0.1) is 0 Å². The molecule has 1 saturated heterocycles. The van der Waals surface area contributed by atoms with Crippen molar-refractivity contribution in [3.05, 3.63) is 22.2 Å². The lowest BCUT2D eigenvalue weighted by molar-refractivity contribution is 0.152. The predicted octanol–water partition coefficient (Wildman–Crippen LogP) is 3.16. The second kappa shape index (κ2) is 5.30. The van der Waals surface area contributed by atoms with E-state index in [0.717, 1.165) is 18.7 Å². The minimum atomic E-state index is 0.209. The molecule has 1 aromatic rings. The summed E-state index contributed by atoms with van der Waals surface area (Å²) in [6.07, 6.45) is 5.56. The van der Waals surface area contributed by atoms with E-state index in [0.29, 0.717) is 11.2 Å². The van der Waals surface area contributed by atoms with Crippen molar-refractivity contribution in [1.29, 1.82) is 0 Å². The van der Waals surface area contributed by atoms with E-state index >= 15 is 0 Å². The van der Waals surface area contributed by atoms with Crippen molar-refractivity contribution in [2.75, 3.05) is 6.54 Å². The zero-order valence-electron chi connectivity index (χ0n) is 9.29. The van der Waals surface area contributed by atoms with Gasteiger partial charge in [-0.3, -0.25) is 4.90 Å². The molecule has 1 fully saturated rings. The van der Waals surface area contributed by atoms with Gasteiger partial charge in [-0.05, 0) is 37.9 Å². The number of aromatic nitrogens is 2. The van der Waals surface area contributed by atoms with Crippen LogP contribution < -0.4 is 0 Å². The Bertz CT molecular complexity index is 370. The van der Waals surface area contributed by atoms with Crippen molar-refractivity contribution >= 4 is 23.2 Å². The van der Waals surface area contributed by atoms with Crippen LogP contribution in [-0.2, 0) is 6.54 Å². The molecule has 1 atom stereocenters. The Balaban J connectivity index is 2.07. The van der Waals surface area contributed by atoms with Gasteiger partial charge in [0.15, 0.2) is 0 Å². The van der Waals surface area contributed by atoms with Gasteiger partial charge in [0.25, 0.3) is 0 Å². The van der Waals surface area contributed by atoms with Gasteiger partial charge in [-0.1, -0.05) is 18.0 Å². The second-order valence-electron chi connectivity index (χ2n) is 4.27. The van der Waals surface area contributed by atoms with Gasteiger partial charge in [0, 0.05) is 24.3 Å². The van der Waals surface area contributed by atoms with E-state index in [1.807, 2.05) is 0 Å². The Labute approximate surface area is 106 Å². The Hall–Kier alpha value is -0.380. The molecular weight excluding hydrogens is 245 g/mol. The van der Waals surface area contributed by atoms with E-state index in [4.69, 9.17) is 23.2 Å². The molecule has 1 aliphatic heterocycles. The first-order valence-corrected chi connectivity index (χ1v) is 6.33. The lowest BCUT2D eigenvalue weighted by Crippen LogP contribution is -2.36. The highest BCUT2D eigenvalue weighted by atomic mass is 35.5. The molecular formula is C11H15Cl2N3. The standard InChI is InChI=1S/C11H15Cl2N3/c1-8-4-2-3-5-16(8)7-9-6-14-11(13)15-10(9)12/h6,8H,2-5,7H2,1H3. The first-order chi connectivity index (χ1) is 7.66. The average molecular weight is 260 g/mol. The van der Waals surface area contributed by atoms with Crippen LogP contribution in [0.1, 0.15) is 31.7 Å². The molecule has 0 spiro atoms. The first kappa shape index (κ1) is 12.1. The van der Waals surface area contributed by atoms with Gasteiger partial charge < -0.3 is 0 Å². The maximum absolute atomic E-state index is 6.03. The van der Waals surface area contributed by atoms with Gasteiger partial charge in [0.05, 0.1) is 0 Å². The molecule has 0 amide bonds. The van der Waals surface area contributed by atoms with Crippen molar-refractivity contribution in [2.24, 2.45) is 0 Å². The monoisotopic (exact) mass is 259 g/mol. The molecule has 0 aromatic carbocycles. The molecule has 1 aromatic heterocycles. The van der Waals surface area contributed by atoms with E-state index in [9.17, 15) is 0 Å².